The first-order valence-corrected chi connectivity index (χ1v) is 9.70. The van der Waals surface area contributed by atoms with Gasteiger partial charge in [0, 0.05) is 17.4 Å². The molecule has 6 heteroatoms. The van der Waals surface area contributed by atoms with Crippen molar-refractivity contribution in [2.24, 2.45) is 0 Å². The lowest BCUT2D eigenvalue weighted by atomic mass is 9.96. The molecule has 0 amide bonds. The lowest BCUT2D eigenvalue weighted by molar-refractivity contribution is 0.0524. The van der Waals surface area contributed by atoms with Crippen LogP contribution in [0.25, 0.3) is 5.69 Å². The maximum atomic E-state index is 13.2. The number of hydrogen-bond donors (Lipinski definition) is 1. The second-order valence-electron chi connectivity index (χ2n) is 7.13. The predicted octanol–water partition coefficient (Wildman–Crippen LogP) is 4.07. The largest absolute Gasteiger partial charge is 0.507 e. The fourth-order valence-corrected chi connectivity index (χ4v) is 3.09. The van der Waals surface area contributed by atoms with Crippen molar-refractivity contribution < 1.29 is 19.4 Å². The fourth-order valence-electron chi connectivity index (χ4n) is 3.09. The van der Waals surface area contributed by atoms with Crippen molar-refractivity contribution in [3.05, 3.63) is 93.4 Å². The number of phenolic OH excluding ortho intramolecular Hbond substituents is 1. The van der Waals surface area contributed by atoms with Crippen LogP contribution in [0.3, 0.4) is 0 Å². The number of carbonyl (C=O) groups excluding carboxylic acids is 2. The van der Waals surface area contributed by atoms with Gasteiger partial charge < -0.3 is 9.84 Å². The maximum absolute atomic E-state index is 13.2. The van der Waals surface area contributed by atoms with Gasteiger partial charge in [-0.25, -0.2) is 4.79 Å². The highest BCUT2D eigenvalue weighted by Crippen LogP contribution is 2.26. The molecule has 1 heterocycles. The molecule has 1 N–H and O–H groups in total. The summed E-state index contributed by atoms with van der Waals surface area (Å²) in [5.41, 5.74) is 0.760. The van der Waals surface area contributed by atoms with E-state index in [2.05, 4.69) is 0 Å². The number of benzene rings is 2. The number of phenols is 1. The van der Waals surface area contributed by atoms with Crippen LogP contribution in [0.5, 0.6) is 5.75 Å². The average Bonchev–Trinajstić information content (AvgIpc) is 2.74. The van der Waals surface area contributed by atoms with Gasteiger partial charge in [0.2, 0.25) is 0 Å². The van der Waals surface area contributed by atoms with Gasteiger partial charge in [0.1, 0.15) is 11.3 Å². The Kier molecular flexibility index (Phi) is 6.16. The molecule has 0 radical (unpaired) electrons. The minimum absolute atomic E-state index is 0.0951. The second kappa shape index (κ2) is 8.78. The molecule has 2 aromatic carbocycles. The number of aromatic hydroxyl groups is 1. The third-order valence-corrected chi connectivity index (χ3v) is 4.74. The molecule has 0 bridgehead atoms. The molecular weight excluding hydrogens is 382 g/mol. The number of hydrogen-bond acceptors (Lipinski definition) is 5. The van der Waals surface area contributed by atoms with Crippen molar-refractivity contribution in [1.82, 2.24) is 4.57 Å². The number of esters is 1. The van der Waals surface area contributed by atoms with Crippen LogP contribution >= 0.6 is 0 Å². The minimum Gasteiger partial charge on any atom is -0.507 e. The lowest BCUT2D eigenvalue weighted by Gasteiger charge is -2.13. The summed E-state index contributed by atoms with van der Waals surface area (Å²) < 4.78 is 6.24. The van der Waals surface area contributed by atoms with Crippen LogP contribution in [0.15, 0.2) is 65.6 Å². The van der Waals surface area contributed by atoms with E-state index in [1.807, 2.05) is 13.8 Å². The van der Waals surface area contributed by atoms with E-state index in [1.165, 1.54) is 22.9 Å². The van der Waals surface area contributed by atoms with Gasteiger partial charge in [-0.1, -0.05) is 38.1 Å². The molecule has 0 atom stereocenters. The number of ether oxygens (including phenoxy) is 1. The zero-order chi connectivity index (χ0) is 21.8. The molecular formula is C24H23NO5. The first kappa shape index (κ1) is 21.0. The van der Waals surface area contributed by atoms with Gasteiger partial charge in [-0.2, -0.15) is 0 Å². The van der Waals surface area contributed by atoms with Gasteiger partial charge in [0.25, 0.3) is 5.56 Å². The minimum atomic E-state index is -0.804. The molecule has 0 aliphatic heterocycles. The summed E-state index contributed by atoms with van der Waals surface area (Å²) in [6.07, 6.45) is 1.38. The third kappa shape index (κ3) is 4.17. The lowest BCUT2D eigenvalue weighted by Crippen LogP contribution is -2.27. The monoisotopic (exact) mass is 405 g/mol. The third-order valence-electron chi connectivity index (χ3n) is 4.74. The molecule has 1 aromatic heterocycles. The Morgan fingerprint density at radius 1 is 1.03 bits per heavy atom. The Balaban J connectivity index is 2.21. The molecule has 30 heavy (non-hydrogen) atoms. The summed E-state index contributed by atoms with van der Waals surface area (Å²) in [5.74, 6) is -1.31. The number of para-hydroxylation sites is 1. The highest BCUT2D eigenvalue weighted by Gasteiger charge is 2.22. The van der Waals surface area contributed by atoms with E-state index in [4.69, 9.17) is 4.74 Å². The molecule has 0 aliphatic carbocycles. The van der Waals surface area contributed by atoms with Gasteiger partial charge >= 0.3 is 5.97 Å². The van der Waals surface area contributed by atoms with Crippen molar-refractivity contribution in [3.8, 4) is 11.4 Å². The Hall–Kier alpha value is -3.67. The fraction of sp³-hybridized carbons (Fsp3) is 0.208. The normalized spacial score (nSPS) is 10.8. The molecule has 3 aromatic rings. The molecule has 0 spiro atoms. The first-order valence-electron chi connectivity index (χ1n) is 9.70. The topological polar surface area (TPSA) is 85.6 Å². The Morgan fingerprint density at radius 2 is 1.73 bits per heavy atom. The van der Waals surface area contributed by atoms with Crippen LogP contribution in [0.1, 0.15) is 58.5 Å². The van der Waals surface area contributed by atoms with Crippen LogP contribution in [-0.2, 0) is 4.74 Å². The Labute approximate surface area is 174 Å². The SMILES string of the molecule is CCOC(=O)c1cc(C(=O)c2cc(C(C)C)ccc2O)cn(-c2ccccc2)c1=O. The van der Waals surface area contributed by atoms with Crippen molar-refractivity contribution in [2.75, 3.05) is 6.61 Å². The number of ketones is 1. The summed E-state index contributed by atoms with van der Waals surface area (Å²) in [7, 11) is 0. The van der Waals surface area contributed by atoms with E-state index in [0.29, 0.717) is 5.69 Å². The van der Waals surface area contributed by atoms with Gasteiger partial charge in [-0.3, -0.25) is 14.2 Å². The number of carbonyl (C=O) groups is 2. The summed E-state index contributed by atoms with van der Waals surface area (Å²) in [5, 5.41) is 10.3. The Morgan fingerprint density at radius 3 is 2.37 bits per heavy atom. The summed E-state index contributed by atoms with van der Waals surface area (Å²) >= 11 is 0. The van der Waals surface area contributed by atoms with Crippen molar-refractivity contribution in [3.63, 3.8) is 0 Å². The molecule has 0 saturated carbocycles. The number of nitrogens with zero attached hydrogens (tertiary/aromatic N) is 1. The maximum Gasteiger partial charge on any atom is 0.343 e. The molecule has 0 saturated heterocycles. The van der Waals surface area contributed by atoms with Crippen LogP contribution < -0.4 is 5.56 Å². The first-order chi connectivity index (χ1) is 14.3. The van der Waals surface area contributed by atoms with Crippen LogP contribution in [-0.4, -0.2) is 28.0 Å². The average molecular weight is 405 g/mol. The van der Waals surface area contributed by atoms with E-state index >= 15 is 0 Å². The van der Waals surface area contributed by atoms with Gasteiger partial charge in [-0.05, 0) is 48.7 Å². The van der Waals surface area contributed by atoms with E-state index in [-0.39, 0.29) is 35.0 Å². The van der Waals surface area contributed by atoms with Gasteiger partial charge in [0.15, 0.2) is 5.78 Å². The smallest absolute Gasteiger partial charge is 0.343 e. The van der Waals surface area contributed by atoms with E-state index in [1.54, 1.807) is 49.4 Å². The van der Waals surface area contributed by atoms with Crippen molar-refractivity contribution in [2.45, 2.75) is 26.7 Å². The van der Waals surface area contributed by atoms with Crippen LogP contribution in [0, 0.1) is 0 Å². The highest BCUT2D eigenvalue weighted by atomic mass is 16.5. The molecule has 0 unspecified atom stereocenters. The van der Waals surface area contributed by atoms with Crippen LogP contribution in [0.4, 0.5) is 0 Å². The van der Waals surface area contributed by atoms with Crippen LogP contribution in [0.2, 0.25) is 0 Å². The zero-order valence-electron chi connectivity index (χ0n) is 17.1. The predicted molar refractivity (Wildman–Crippen MR) is 114 cm³/mol. The standard InChI is InChI=1S/C24H23NO5/c1-4-30-24(29)20-13-17(14-25(23(20)28)18-8-6-5-7-9-18)22(27)19-12-16(15(2)3)10-11-21(19)26/h5-15,26H,4H2,1-3H3. The number of aromatic nitrogens is 1. The zero-order valence-corrected chi connectivity index (χ0v) is 17.1. The summed E-state index contributed by atoms with van der Waals surface area (Å²) in [6.45, 7) is 5.70. The number of rotatable bonds is 6. The Bertz CT molecular complexity index is 1150. The molecule has 0 fully saturated rings. The van der Waals surface area contributed by atoms with E-state index in [9.17, 15) is 19.5 Å². The van der Waals surface area contributed by atoms with Crippen molar-refractivity contribution in [1.29, 1.82) is 0 Å². The second-order valence-corrected chi connectivity index (χ2v) is 7.13. The van der Waals surface area contributed by atoms with E-state index < -0.39 is 17.3 Å². The van der Waals surface area contributed by atoms with E-state index in [0.717, 1.165) is 5.56 Å². The molecule has 3 rings (SSSR count). The quantitative estimate of drug-likeness (QED) is 0.493. The highest BCUT2D eigenvalue weighted by molar-refractivity contribution is 6.11. The summed E-state index contributed by atoms with van der Waals surface area (Å²) in [4.78, 5) is 38.5. The number of pyridine rings is 1. The summed E-state index contributed by atoms with van der Waals surface area (Å²) in [6, 6.07) is 14.8. The van der Waals surface area contributed by atoms with Gasteiger partial charge in [0.05, 0.1) is 12.2 Å². The molecule has 0 aliphatic rings. The van der Waals surface area contributed by atoms with Crippen molar-refractivity contribution >= 4 is 11.8 Å². The molecule has 6 nitrogen and oxygen atoms in total. The molecule has 154 valence electrons. The van der Waals surface area contributed by atoms with Gasteiger partial charge in [-0.15, -0.1) is 0 Å².